The Balaban J connectivity index is 0.000000370. The average molecular weight is 759 g/mol. The third-order valence-corrected chi connectivity index (χ3v) is 13.0. The number of rotatable bonds is 12. The Kier molecular flexibility index (Phi) is 14.4. The van der Waals surface area contributed by atoms with Gasteiger partial charge < -0.3 is 45.4 Å². The summed E-state index contributed by atoms with van der Waals surface area (Å²) in [7, 11) is -10.6. The van der Waals surface area contributed by atoms with Crippen molar-refractivity contribution in [1.82, 2.24) is 4.90 Å². The van der Waals surface area contributed by atoms with Crippen LogP contribution >= 0.6 is 38.9 Å². The van der Waals surface area contributed by atoms with E-state index in [0.29, 0.717) is 17.7 Å². The van der Waals surface area contributed by atoms with Gasteiger partial charge in [0.25, 0.3) is 5.08 Å². The van der Waals surface area contributed by atoms with Crippen LogP contribution in [0.15, 0.2) is 66.7 Å². The number of ether oxygens (including phenoxy) is 1. The number of piperidine rings is 1. The quantitative estimate of drug-likeness (QED) is 0.0685. The molecule has 0 saturated carbocycles. The Bertz CT molecular complexity index is 1770. The fourth-order valence-corrected chi connectivity index (χ4v) is 8.74. The molecule has 1 aromatic heterocycles. The Hall–Kier alpha value is -2.84. The minimum absolute atomic E-state index is 0. The lowest BCUT2D eigenvalue weighted by Crippen LogP contribution is -2.33. The highest BCUT2D eigenvalue weighted by Gasteiger charge is 2.58. The number of nitrogens with two attached hydrogens (primary N) is 1. The maximum atomic E-state index is 13.6. The molecule has 3 aromatic carbocycles. The molecule has 4 aromatic rings. The van der Waals surface area contributed by atoms with Gasteiger partial charge in [0.1, 0.15) is 23.9 Å². The number of hydrogen-bond acceptors (Lipinski definition) is 10. The minimum Gasteiger partial charge on any atom is -0.508 e. The van der Waals surface area contributed by atoms with E-state index in [0.717, 1.165) is 45.9 Å². The van der Waals surface area contributed by atoms with Crippen LogP contribution in [0.4, 0.5) is 0 Å². The number of carbonyl (C=O) groups excluding carboxylic acids is 1. The van der Waals surface area contributed by atoms with Gasteiger partial charge in [0.2, 0.25) is 0 Å². The van der Waals surface area contributed by atoms with E-state index < -0.39 is 26.7 Å². The van der Waals surface area contributed by atoms with Crippen molar-refractivity contribution in [3.63, 3.8) is 0 Å². The molecule has 0 spiro atoms. The van der Waals surface area contributed by atoms with Gasteiger partial charge in [-0.15, -0.1) is 23.7 Å². The van der Waals surface area contributed by atoms with Gasteiger partial charge in [-0.05, 0) is 111 Å². The van der Waals surface area contributed by atoms with E-state index in [1.165, 1.54) is 30.6 Å². The molecule has 1 fully saturated rings. The molecule has 2 heterocycles. The summed E-state index contributed by atoms with van der Waals surface area (Å²) in [6.07, 6.45) is 2.99. The number of phenolic OH excluding ortho intramolecular Hbond substituents is 2. The first kappa shape index (κ1) is 40.6. The Labute approximate surface area is 293 Å². The molecule has 49 heavy (non-hydrogen) atoms. The maximum absolute atomic E-state index is 13.6. The fraction of sp³-hybridized carbons (Fsp3) is 0.344. The molecule has 17 heteroatoms. The molecule has 0 atom stereocenters. The predicted molar refractivity (Wildman–Crippen MR) is 191 cm³/mol. The van der Waals surface area contributed by atoms with Gasteiger partial charge in [0.05, 0.1) is 0 Å². The van der Waals surface area contributed by atoms with Gasteiger partial charge >= 0.3 is 15.2 Å². The van der Waals surface area contributed by atoms with Crippen LogP contribution in [0.5, 0.6) is 17.2 Å². The zero-order chi connectivity index (χ0) is 35.1. The summed E-state index contributed by atoms with van der Waals surface area (Å²) in [4.78, 5) is 51.4. The third-order valence-electron chi connectivity index (χ3n) is 7.92. The highest BCUT2D eigenvalue weighted by molar-refractivity contribution is 7.72. The van der Waals surface area contributed by atoms with Gasteiger partial charge in [0, 0.05) is 39.1 Å². The van der Waals surface area contributed by atoms with Crippen molar-refractivity contribution in [2.24, 2.45) is 5.73 Å². The number of hydrogen-bond donors (Lipinski definition) is 8. The van der Waals surface area contributed by atoms with E-state index in [1.54, 1.807) is 42.5 Å². The summed E-state index contributed by atoms with van der Waals surface area (Å²) in [5, 5.41) is 26.4. The first-order valence-corrected chi connectivity index (χ1v) is 19.3. The molecule has 1 aliphatic heterocycles. The second kappa shape index (κ2) is 17.4. The molecule has 0 radical (unpaired) electrons. The SMILES string of the molecule is Cl.NCCCC(O)(P(=O)(O)O)P(=O)(O)O.O=C(c1ccc(OCCN2CCCCC2)cc1)c1c(-c2ccc(O)cc2)sc2cc(O)ccc12. The number of aromatic hydroxyl groups is 2. The summed E-state index contributed by atoms with van der Waals surface area (Å²) in [5.41, 5.74) is 7.03. The number of ketones is 1. The van der Waals surface area contributed by atoms with Crippen molar-refractivity contribution in [3.05, 3.63) is 77.9 Å². The molecule has 5 rings (SSSR count). The van der Waals surface area contributed by atoms with Crippen LogP contribution in [0.2, 0.25) is 0 Å². The number of aliphatic hydroxyl groups is 1. The summed E-state index contributed by atoms with van der Waals surface area (Å²) >= 11 is 1.46. The molecule has 0 aliphatic carbocycles. The molecule has 0 amide bonds. The molecule has 13 nitrogen and oxygen atoms in total. The lowest BCUT2D eigenvalue weighted by Gasteiger charge is -2.28. The Morgan fingerprint density at radius 3 is 2.04 bits per heavy atom. The molecule has 0 unspecified atom stereocenters. The first-order chi connectivity index (χ1) is 22.6. The normalized spacial score (nSPS) is 14.1. The number of fused-ring (bicyclic) bond motifs is 1. The Morgan fingerprint density at radius 1 is 0.878 bits per heavy atom. The summed E-state index contributed by atoms with van der Waals surface area (Å²) in [6.45, 7) is 3.81. The number of nitrogens with zero attached hydrogens (tertiary/aromatic N) is 1. The number of benzene rings is 3. The molecule has 1 saturated heterocycles. The summed E-state index contributed by atoms with van der Waals surface area (Å²) in [5.74, 6) is 1.01. The number of halogens is 1. The van der Waals surface area contributed by atoms with Crippen molar-refractivity contribution in [2.45, 2.75) is 37.2 Å². The fourth-order valence-electron chi connectivity index (χ4n) is 5.25. The van der Waals surface area contributed by atoms with Crippen molar-refractivity contribution >= 4 is 54.8 Å². The van der Waals surface area contributed by atoms with Gasteiger partial charge in [-0.25, -0.2) is 0 Å². The number of likely N-dealkylation sites (tertiary alicyclic amines) is 1. The number of carbonyl (C=O) groups is 1. The van der Waals surface area contributed by atoms with Crippen LogP contribution in [-0.2, 0) is 9.13 Å². The second-order valence-electron chi connectivity index (χ2n) is 11.4. The highest BCUT2D eigenvalue weighted by atomic mass is 35.5. The van der Waals surface area contributed by atoms with E-state index in [-0.39, 0.29) is 42.7 Å². The maximum Gasteiger partial charge on any atom is 0.369 e. The number of phenols is 2. The summed E-state index contributed by atoms with van der Waals surface area (Å²) < 4.78 is 28.2. The zero-order valence-corrected chi connectivity index (χ0v) is 29.8. The van der Waals surface area contributed by atoms with Gasteiger partial charge in [-0.3, -0.25) is 18.8 Å². The van der Waals surface area contributed by atoms with Gasteiger partial charge in [-0.1, -0.05) is 6.42 Å². The minimum atomic E-state index is -5.30. The molecule has 268 valence electrons. The molecule has 1 aliphatic rings. The summed E-state index contributed by atoms with van der Waals surface area (Å²) in [6, 6.07) is 19.2. The smallest absolute Gasteiger partial charge is 0.369 e. The van der Waals surface area contributed by atoms with Crippen LogP contribution in [0.3, 0.4) is 0 Å². The second-order valence-corrected chi connectivity index (χ2v) is 16.5. The molecular weight excluding hydrogens is 718 g/mol. The van der Waals surface area contributed by atoms with Crippen molar-refractivity contribution in [2.75, 3.05) is 32.8 Å². The molecule has 9 N–H and O–H groups in total. The monoisotopic (exact) mass is 758 g/mol. The topological polar surface area (TPSA) is 231 Å². The van der Waals surface area contributed by atoms with Crippen LogP contribution in [0, 0.1) is 0 Å². The van der Waals surface area contributed by atoms with E-state index in [1.807, 2.05) is 24.3 Å². The lowest BCUT2D eigenvalue weighted by atomic mass is 9.97. The van der Waals surface area contributed by atoms with Gasteiger partial charge in [0.15, 0.2) is 5.78 Å². The Morgan fingerprint density at radius 2 is 1.47 bits per heavy atom. The number of thiophene rings is 1. The zero-order valence-electron chi connectivity index (χ0n) is 26.4. The molecular formula is C32H41ClN2O11P2S. The van der Waals surface area contributed by atoms with Crippen molar-refractivity contribution < 1.29 is 53.6 Å². The van der Waals surface area contributed by atoms with Crippen molar-refractivity contribution in [1.29, 1.82) is 0 Å². The van der Waals surface area contributed by atoms with Crippen LogP contribution in [-0.4, -0.2) is 83.4 Å². The van der Waals surface area contributed by atoms with E-state index in [2.05, 4.69) is 4.90 Å². The van der Waals surface area contributed by atoms with Crippen LogP contribution in [0.25, 0.3) is 20.5 Å². The predicted octanol–water partition coefficient (Wildman–Crippen LogP) is 5.22. The van der Waals surface area contributed by atoms with Crippen molar-refractivity contribution in [3.8, 4) is 27.7 Å². The first-order valence-electron chi connectivity index (χ1n) is 15.2. The van der Waals surface area contributed by atoms with Crippen LogP contribution < -0.4 is 10.5 Å². The average Bonchev–Trinajstić information content (AvgIpc) is 3.42. The van der Waals surface area contributed by atoms with E-state index in [4.69, 9.17) is 30.0 Å². The van der Waals surface area contributed by atoms with E-state index >= 15 is 0 Å². The van der Waals surface area contributed by atoms with E-state index in [9.17, 15) is 29.2 Å². The highest BCUT2D eigenvalue weighted by Crippen LogP contribution is 2.69. The standard InChI is InChI=1S/C28H27NO4S.C4H13NO7P2.ClH/c30-21-8-4-20(5-9-21)28-26(24-13-10-22(31)18-25(24)34-28)27(32)19-6-11-23(12-7-19)33-17-16-29-14-2-1-3-15-29;5-3-1-2-4(6,13(7,8)9)14(10,11)12;/h4-13,18,30-31H,1-3,14-17H2;6H,1-3,5H2,(H2,7,8,9)(H2,10,11,12);1H. The van der Waals surface area contributed by atoms with Crippen LogP contribution in [0.1, 0.15) is 48.0 Å². The molecule has 0 bridgehead atoms. The largest absolute Gasteiger partial charge is 0.508 e. The van der Waals surface area contributed by atoms with Gasteiger partial charge in [-0.2, -0.15) is 0 Å². The lowest BCUT2D eigenvalue weighted by molar-refractivity contribution is 0.104. The third kappa shape index (κ3) is 10.1.